The van der Waals surface area contributed by atoms with Gasteiger partial charge in [0.15, 0.2) is 0 Å². The Morgan fingerprint density at radius 3 is 2.36 bits per heavy atom. The van der Waals surface area contributed by atoms with E-state index in [2.05, 4.69) is 19.9 Å². The second kappa shape index (κ2) is 3.76. The minimum absolute atomic E-state index is 0.351. The SMILES string of the molecule is CC(C)[C@@H]1CCCCC1C#N. The van der Waals surface area contributed by atoms with Crippen LogP contribution in [0.25, 0.3) is 0 Å². The number of hydrogen-bond acceptors (Lipinski definition) is 1. The highest BCUT2D eigenvalue weighted by molar-refractivity contribution is 4.91. The third-order valence-corrected chi connectivity index (χ3v) is 2.84. The first-order valence-electron chi connectivity index (χ1n) is 4.65. The van der Waals surface area contributed by atoms with E-state index in [0.717, 1.165) is 6.42 Å². The zero-order valence-corrected chi connectivity index (χ0v) is 7.51. The molecule has 0 aromatic heterocycles. The van der Waals surface area contributed by atoms with Gasteiger partial charge in [0.2, 0.25) is 0 Å². The summed E-state index contributed by atoms with van der Waals surface area (Å²) in [6.45, 7) is 4.47. The van der Waals surface area contributed by atoms with Gasteiger partial charge < -0.3 is 0 Å². The fraction of sp³-hybridized carbons (Fsp3) is 0.900. The maximum Gasteiger partial charge on any atom is 0.0658 e. The zero-order chi connectivity index (χ0) is 8.27. The molecule has 1 heteroatoms. The van der Waals surface area contributed by atoms with E-state index in [1.54, 1.807) is 0 Å². The summed E-state index contributed by atoms with van der Waals surface area (Å²) in [6.07, 6.45) is 5.01. The Kier molecular flexibility index (Phi) is 2.93. The first kappa shape index (κ1) is 8.59. The number of rotatable bonds is 1. The molecule has 62 valence electrons. The van der Waals surface area contributed by atoms with E-state index in [1.807, 2.05) is 0 Å². The van der Waals surface area contributed by atoms with E-state index in [-0.39, 0.29) is 0 Å². The predicted octanol–water partition coefficient (Wildman–Crippen LogP) is 2.97. The standard InChI is InChI=1S/C10H17N/c1-8(2)10-6-4-3-5-9(10)7-11/h8-10H,3-6H2,1-2H3/t9?,10-/m0/s1. The van der Waals surface area contributed by atoms with E-state index in [9.17, 15) is 0 Å². The van der Waals surface area contributed by atoms with Gasteiger partial charge in [0.05, 0.1) is 6.07 Å². The first-order valence-corrected chi connectivity index (χ1v) is 4.65. The van der Waals surface area contributed by atoms with E-state index < -0.39 is 0 Å². The Balaban J connectivity index is 2.53. The quantitative estimate of drug-likeness (QED) is 0.565. The van der Waals surface area contributed by atoms with Crippen LogP contribution in [0.3, 0.4) is 0 Å². The lowest BCUT2D eigenvalue weighted by molar-refractivity contribution is 0.223. The van der Waals surface area contributed by atoms with Gasteiger partial charge in [-0.05, 0) is 24.7 Å². The molecule has 0 aromatic rings. The average molecular weight is 151 g/mol. The largest absolute Gasteiger partial charge is 0.198 e. The molecular weight excluding hydrogens is 134 g/mol. The van der Waals surface area contributed by atoms with Crippen molar-refractivity contribution < 1.29 is 0 Å². The number of nitrogens with zero attached hydrogens (tertiary/aromatic N) is 1. The van der Waals surface area contributed by atoms with Gasteiger partial charge in [-0.15, -0.1) is 0 Å². The molecule has 0 amide bonds. The fourth-order valence-corrected chi connectivity index (χ4v) is 2.12. The van der Waals surface area contributed by atoms with Crippen LogP contribution in [0.15, 0.2) is 0 Å². The topological polar surface area (TPSA) is 23.8 Å². The van der Waals surface area contributed by atoms with Crippen molar-refractivity contribution in [3.8, 4) is 6.07 Å². The summed E-state index contributed by atoms with van der Waals surface area (Å²) in [7, 11) is 0. The highest BCUT2D eigenvalue weighted by atomic mass is 14.4. The molecule has 1 saturated carbocycles. The third kappa shape index (κ3) is 1.96. The van der Waals surface area contributed by atoms with Crippen molar-refractivity contribution in [1.29, 1.82) is 5.26 Å². The van der Waals surface area contributed by atoms with Crippen LogP contribution in [0.4, 0.5) is 0 Å². The van der Waals surface area contributed by atoms with Crippen LogP contribution in [-0.2, 0) is 0 Å². The van der Waals surface area contributed by atoms with Gasteiger partial charge in [0, 0.05) is 5.92 Å². The van der Waals surface area contributed by atoms with Crippen molar-refractivity contribution in [2.24, 2.45) is 17.8 Å². The van der Waals surface area contributed by atoms with E-state index in [4.69, 9.17) is 5.26 Å². The maximum absolute atomic E-state index is 8.86. The second-order valence-electron chi connectivity index (χ2n) is 3.93. The molecule has 0 heterocycles. The summed E-state index contributed by atoms with van der Waals surface area (Å²) in [4.78, 5) is 0. The lowest BCUT2D eigenvalue weighted by Gasteiger charge is -2.29. The third-order valence-electron chi connectivity index (χ3n) is 2.84. The van der Waals surface area contributed by atoms with Crippen LogP contribution < -0.4 is 0 Å². The summed E-state index contributed by atoms with van der Waals surface area (Å²) in [5.41, 5.74) is 0. The Morgan fingerprint density at radius 2 is 1.91 bits per heavy atom. The molecular formula is C10H17N. The summed E-state index contributed by atoms with van der Waals surface area (Å²) in [6, 6.07) is 2.44. The lowest BCUT2D eigenvalue weighted by Crippen LogP contribution is -2.22. The maximum atomic E-state index is 8.86. The van der Waals surface area contributed by atoms with Crippen molar-refractivity contribution in [2.45, 2.75) is 39.5 Å². The van der Waals surface area contributed by atoms with Crippen molar-refractivity contribution >= 4 is 0 Å². The molecule has 0 N–H and O–H groups in total. The van der Waals surface area contributed by atoms with Gasteiger partial charge in [-0.1, -0.05) is 26.7 Å². The lowest BCUT2D eigenvalue weighted by atomic mass is 9.74. The first-order chi connectivity index (χ1) is 5.25. The van der Waals surface area contributed by atoms with Gasteiger partial charge in [0.1, 0.15) is 0 Å². The van der Waals surface area contributed by atoms with Crippen LogP contribution >= 0.6 is 0 Å². The van der Waals surface area contributed by atoms with Gasteiger partial charge in [0.25, 0.3) is 0 Å². The molecule has 1 rings (SSSR count). The normalized spacial score (nSPS) is 31.8. The van der Waals surface area contributed by atoms with Crippen molar-refractivity contribution in [3.05, 3.63) is 0 Å². The van der Waals surface area contributed by atoms with Crippen LogP contribution in [0.2, 0.25) is 0 Å². The molecule has 1 aliphatic carbocycles. The fourth-order valence-electron chi connectivity index (χ4n) is 2.12. The van der Waals surface area contributed by atoms with Crippen molar-refractivity contribution in [2.75, 3.05) is 0 Å². The summed E-state index contributed by atoms with van der Waals surface area (Å²) in [5, 5.41) is 8.86. The smallest absolute Gasteiger partial charge is 0.0658 e. The zero-order valence-electron chi connectivity index (χ0n) is 7.51. The van der Waals surface area contributed by atoms with E-state index in [1.165, 1.54) is 19.3 Å². The monoisotopic (exact) mass is 151 g/mol. The highest BCUT2D eigenvalue weighted by Gasteiger charge is 2.26. The summed E-state index contributed by atoms with van der Waals surface area (Å²) >= 11 is 0. The molecule has 1 aliphatic rings. The summed E-state index contributed by atoms with van der Waals surface area (Å²) < 4.78 is 0. The van der Waals surface area contributed by atoms with Crippen LogP contribution in [0.5, 0.6) is 0 Å². The molecule has 0 spiro atoms. The Labute approximate surface area is 69.4 Å². The van der Waals surface area contributed by atoms with Gasteiger partial charge >= 0.3 is 0 Å². The Bertz CT molecular complexity index is 155. The molecule has 11 heavy (non-hydrogen) atoms. The Hall–Kier alpha value is -0.510. The minimum atomic E-state index is 0.351. The van der Waals surface area contributed by atoms with E-state index >= 15 is 0 Å². The predicted molar refractivity (Wildman–Crippen MR) is 45.9 cm³/mol. The average Bonchev–Trinajstić information content (AvgIpc) is 2.04. The number of nitriles is 1. The molecule has 0 saturated heterocycles. The molecule has 0 radical (unpaired) electrons. The van der Waals surface area contributed by atoms with E-state index in [0.29, 0.717) is 17.8 Å². The van der Waals surface area contributed by atoms with Crippen LogP contribution in [0, 0.1) is 29.1 Å². The molecule has 0 aromatic carbocycles. The van der Waals surface area contributed by atoms with Crippen molar-refractivity contribution in [3.63, 3.8) is 0 Å². The van der Waals surface area contributed by atoms with Crippen LogP contribution in [-0.4, -0.2) is 0 Å². The Morgan fingerprint density at radius 1 is 1.27 bits per heavy atom. The minimum Gasteiger partial charge on any atom is -0.198 e. The molecule has 0 aliphatic heterocycles. The molecule has 2 atom stereocenters. The highest BCUT2D eigenvalue weighted by Crippen LogP contribution is 2.34. The molecule has 1 nitrogen and oxygen atoms in total. The summed E-state index contributed by atoms with van der Waals surface area (Å²) in [5.74, 6) is 1.72. The van der Waals surface area contributed by atoms with Gasteiger partial charge in [-0.3, -0.25) is 0 Å². The molecule has 1 fully saturated rings. The van der Waals surface area contributed by atoms with Crippen LogP contribution in [0.1, 0.15) is 39.5 Å². The molecule has 0 bridgehead atoms. The molecule has 1 unspecified atom stereocenters. The van der Waals surface area contributed by atoms with Crippen molar-refractivity contribution in [1.82, 2.24) is 0 Å². The second-order valence-corrected chi connectivity index (χ2v) is 3.93. The number of hydrogen-bond donors (Lipinski definition) is 0. The van der Waals surface area contributed by atoms with Gasteiger partial charge in [-0.2, -0.15) is 5.26 Å². The van der Waals surface area contributed by atoms with Gasteiger partial charge in [-0.25, -0.2) is 0 Å².